The molecule has 0 aliphatic heterocycles. The fraction of sp³-hybridized carbons (Fsp3) is 0.0952. The molecule has 0 bridgehead atoms. The number of benzene rings is 4. The maximum Gasteiger partial charge on any atom is 0.341 e. The third-order valence-corrected chi connectivity index (χ3v) is 12.9. The van der Waals surface area contributed by atoms with E-state index in [0.29, 0.717) is 36.6 Å². The van der Waals surface area contributed by atoms with Crippen LogP contribution in [0.15, 0.2) is 95.7 Å². The van der Waals surface area contributed by atoms with Gasteiger partial charge in [0.15, 0.2) is 15.8 Å². The molecule has 4 aromatic heterocycles. The minimum Gasteiger partial charge on any atom is -0.478 e. The number of anilines is 1. The molecular weight excluding hydrogens is 844 g/mol. The van der Waals surface area contributed by atoms with Crippen molar-refractivity contribution in [2.75, 3.05) is 12.8 Å². The minimum absolute atomic E-state index is 0.0257. The van der Waals surface area contributed by atoms with Crippen LogP contribution in [0, 0.1) is 25.5 Å². The number of thiazole rings is 2. The molecule has 0 saturated heterocycles. The molecule has 0 fully saturated rings. The standard InChI is InChI=1S/C21H14FNO3S2.C13H12FNO2S.C8H4ClNOS/c1-11-6-7-13(14(22)8-11)19-18(21(25)26)12(10-27-19)9-16(24)20-23-15-4-2-3-5-17(15)28-20;1-7-3-4-8(9(14)5-7)12-11(13(16)17-2)10(15)6-18-12;9-7(11)8-10-5-3-1-2-4-6(5)12-8/h2-8,10H,9H2,1H3,(H,25,26);3-6H,15H2,1-2H3;1-4H. The van der Waals surface area contributed by atoms with Crippen LogP contribution >= 0.6 is 56.9 Å². The number of halogens is 3. The molecule has 0 saturated carbocycles. The van der Waals surface area contributed by atoms with Gasteiger partial charge in [0, 0.05) is 22.9 Å². The Kier molecular flexibility index (Phi) is 13.2. The number of aromatic nitrogens is 2. The summed E-state index contributed by atoms with van der Waals surface area (Å²) in [5, 5.41) is 13.1. The number of nitrogens with two attached hydrogens (primary N) is 1. The number of hydrogen-bond donors (Lipinski definition) is 2. The van der Waals surface area contributed by atoms with Crippen LogP contribution in [0.25, 0.3) is 41.3 Å². The molecule has 3 N–H and O–H groups in total. The second-order valence-electron chi connectivity index (χ2n) is 12.5. The maximum atomic E-state index is 14.4. The zero-order chi connectivity index (χ0) is 41.7. The number of carbonyl (C=O) groups is 4. The average Bonchev–Trinajstić information content (AvgIpc) is 4.00. The highest BCUT2D eigenvalue weighted by Crippen LogP contribution is 2.38. The van der Waals surface area contributed by atoms with Crippen molar-refractivity contribution >= 4 is 106 Å². The first-order valence-corrected chi connectivity index (χ1v) is 20.8. The molecule has 16 heteroatoms. The first-order chi connectivity index (χ1) is 27.7. The summed E-state index contributed by atoms with van der Waals surface area (Å²) in [6.07, 6.45) is -0.0918. The number of Topliss-reactive ketones (excluding diaryl/α,β-unsaturated/α-hetero) is 1. The fourth-order valence-corrected chi connectivity index (χ4v) is 9.57. The van der Waals surface area contributed by atoms with Gasteiger partial charge in [0.2, 0.25) is 0 Å². The lowest BCUT2D eigenvalue weighted by Gasteiger charge is -2.05. The van der Waals surface area contributed by atoms with Gasteiger partial charge in [-0.05, 0) is 83.9 Å². The predicted octanol–water partition coefficient (Wildman–Crippen LogP) is 11.5. The van der Waals surface area contributed by atoms with Crippen LogP contribution in [0.3, 0.4) is 0 Å². The van der Waals surface area contributed by atoms with Crippen molar-refractivity contribution in [1.82, 2.24) is 9.97 Å². The number of fused-ring (bicyclic) bond motifs is 2. The summed E-state index contributed by atoms with van der Waals surface area (Å²) >= 11 is 10.2. The number of hydrogen-bond acceptors (Lipinski definition) is 12. The number of carboxylic acids is 1. The molecule has 294 valence electrons. The van der Waals surface area contributed by atoms with E-state index in [2.05, 4.69) is 14.7 Å². The topological polar surface area (TPSA) is 150 Å². The average molecular weight is 874 g/mol. The third kappa shape index (κ3) is 9.35. The highest BCUT2D eigenvalue weighted by Gasteiger charge is 2.25. The van der Waals surface area contributed by atoms with Crippen LogP contribution in [0.5, 0.6) is 0 Å². The maximum absolute atomic E-state index is 14.4. The lowest BCUT2D eigenvalue weighted by molar-refractivity contribution is 0.0602. The Balaban J connectivity index is 0.000000161. The Morgan fingerprint density at radius 1 is 0.741 bits per heavy atom. The lowest BCUT2D eigenvalue weighted by Crippen LogP contribution is -2.08. The van der Waals surface area contributed by atoms with Crippen molar-refractivity contribution in [2.24, 2.45) is 0 Å². The number of ketones is 1. The Morgan fingerprint density at radius 3 is 1.74 bits per heavy atom. The number of thiophene rings is 2. The smallest absolute Gasteiger partial charge is 0.341 e. The van der Waals surface area contributed by atoms with E-state index in [4.69, 9.17) is 17.3 Å². The lowest BCUT2D eigenvalue weighted by atomic mass is 10.0. The van der Waals surface area contributed by atoms with Gasteiger partial charge >= 0.3 is 11.9 Å². The van der Waals surface area contributed by atoms with E-state index in [9.17, 15) is 33.1 Å². The molecule has 4 aromatic carbocycles. The van der Waals surface area contributed by atoms with E-state index in [0.717, 1.165) is 42.9 Å². The Labute approximate surface area is 351 Å². The summed E-state index contributed by atoms with van der Waals surface area (Å²) in [5.74, 6) is -2.83. The van der Waals surface area contributed by atoms with Crippen LogP contribution in [-0.4, -0.2) is 45.1 Å². The van der Waals surface area contributed by atoms with E-state index in [1.165, 1.54) is 53.3 Å². The van der Waals surface area contributed by atoms with Crippen LogP contribution in [0.2, 0.25) is 0 Å². The van der Waals surface area contributed by atoms with Gasteiger partial charge in [0.1, 0.15) is 17.2 Å². The molecule has 8 rings (SSSR count). The number of esters is 1. The van der Waals surface area contributed by atoms with Crippen LogP contribution in [0.1, 0.15) is 57.0 Å². The van der Waals surface area contributed by atoms with Gasteiger partial charge in [-0.25, -0.2) is 28.3 Å². The molecular formula is C42H30ClF2N3O6S4. The number of carboxylic acid groups (broad SMARTS) is 1. The SMILES string of the molecule is COC(=O)c1c(N)csc1-c1ccc(C)cc1F.Cc1ccc(-c2scc(CC(=O)c3nc4ccccc4s3)c2C(=O)O)c(F)c1.O=C(Cl)c1nc2ccccc2s1. The number of nitrogen functional groups attached to an aromatic ring is 1. The summed E-state index contributed by atoms with van der Waals surface area (Å²) in [5.41, 5.74) is 10.3. The van der Waals surface area contributed by atoms with E-state index in [-0.39, 0.29) is 34.7 Å². The summed E-state index contributed by atoms with van der Waals surface area (Å²) in [6.45, 7) is 3.57. The van der Waals surface area contributed by atoms with Gasteiger partial charge < -0.3 is 15.6 Å². The van der Waals surface area contributed by atoms with Crippen molar-refractivity contribution in [3.05, 3.63) is 145 Å². The van der Waals surface area contributed by atoms with Gasteiger partial charge in [-0.1, -0.05) is 48.5 Å². The number of carbonyl (C=O) groups excluding carboxylic acids is 3. The van der Waals surface area contributed by atoms with Crippen molar-refractivity contribution < 1.29 is 37.8 Å². The van der Waals surface area contributed by atoms with Crippen molar-refractivity contribution in [3.8, 4) is 20.9 Å². The number of aromatic carboxylic acids is 1. The van der Waals surface area contributed by atoms with Crippen molar-refractivity contribution in [2.45, 2.75) is 20.3 Å². The summed E-state index contributed by atoms with van der Waals surface area (Å²) in [4.78, 5) is 56.2. The fourth-order valence-electron chi connectivity index (χ4n) is 5.64. The highest BCUT2D eigenvalue weighted by atomic mass is 35.5. The Hall–Kier alpha value is -5.71. The van der Waals surface area contributed by atoms with Gasteiger partial charge in [-0.2, -0.15) is 0 Å². The Morgan fingerprint density at radius 2 is 1.24 bits per heavy atom. The number of nitrogens with zero attached hydrogens (tertiary/aromatic N) is 2. The molecule has 9 nitrogen and oxygen atoms in total. The number of methoxy groups -OCH3 is 1. The third-order valence-electron chi connectivity index (χ3n) is 8.37. The zero-order valence-corrected chi connectivity index (χ0v) is 34.7. The highest BCUT2D eigenvalue weighted by molar-refractivity contribution is 7.21. The summed E-state index contributed by atoms with van der Waals surface area (Å²) < 4.78 is 34.8. The molecule has 0 aliphatic carbocycles. The quantitative estimate of drug-likeness (QED) is 0.0864. The summed E-state index contributed by atoms with van der Waals surface area (Å²) in [7, 11) is 1.27. The van der Waals surface area contributed by atoms with E-state index >= 15 is 0 Å². The molecule has 58 heavy (non-hydrogen) atoms. The van der Waals surface area contributed by atoms with Crippen molar-refractivity contribution in [3.63, 3.8) is 0 Å². The normalized spacial score (nSPS) is 10.7. The van der Waals surface area contributed by atoms with Gasteiger partial charge in [0.25, 0.3) is 5.24 Å². The van der Waals surface area contributed by atoms with Crippen LogP contribution in [-0.2, 0) is 11.2 Å². The molecule has 0 aliphatic rings. The first-order valence-electron chi connectivity index (χ1n) is 17.0. The number of rotatable bonds is 8. The van der Waals surface area contributed by atoms with E-state index < -0.39 is 23.0 Å². The Bertz CT molecular complexity index is 2780. The molecule has 0 radical (unpaired) electrons. The van der Waals surface area contributed by atoms with Crippen LogP contribution in [0.4, 0.5) is 14.5 Å². The largest absolute Gasteiger partial charge is 0.478 e. The van der Waals surface area contributed by atoms with Crippen LogP contribution < -0.4 is 5.73 Å². The predicted molar refractivity (Wildman–Crippen MR) is 229 cm³/mol. The zero-order valence-electron chi connectivity index (χ0n) is 30.7. The molecule has 0 unspecified atom stereocenters. The van der Waals surface area contributed by atoms with Gasteiger partial charge in [-0.15, -0.1) is 45.3 Å². The van der Waals surface area contributed by atoms with Crippen molar-refractivity contribution in [1.29, 1.82) is 0 Å². The second-order valence-corrected chi connectivity index (χ2v) is 16.6. The van der Waals surface area contributed by atoms with Gasteiger partial charge in [0.05, 0.1) is 48.5 Å². The van der Waals surface area contributed by atoms with E-state index in [1.807, 2.05) is 48.5 Å². The number of para-hydroxylation sites is 2. The number of aryl methyl sites for hydroxylation is 2. The molecule has 0 spiro atoms. The second kappa shape index (κ2) is 18.3. The van der Waals surface area contributed by atoms with E-state index in [1.54, 1.807) is 48.9 Å². The minimum atomic E-state index is -1.18. The molecule has 0 amide bonds. The monoisotopic (exact) mass is 873 g/mol. The molecule has 0 atom stereocenters. The first kappa shape index (κ1) is 41.9. The summed E-state index contributed by atoms with van der Waals surface area (Å²) in [6, 6.07) is 24.5. The molecule has 4 heterocycles. The number of ether oxygens (including phenoxy) is 1. The van der Waals surface area contributed by atoms with Gasteiger partial charge in [-0.3, -0.25) is 9.59 Å². The molecule has 8 aromatic rings.